The fourth-order valence-corrected chi connectivity index (χ4v) is 3.24. The van der Waals surface area contributed by atoms with Gasteiger partial charge in [-0.3, -0.25) is 4.79 Å². The second-order valence-corrected chi connectivity index (χ2v) is 6.33. The highest BCUT2D eigenvalue weighted by molar-refractivity contribution is 7.87. The molecule has 1 rings (SSSR count). The van der Waals surface area contributed by atoms with Gasteiger partial charge in [0.15, 0.2) is 0 Å². The number of methoxy groups -OCH3 is 1. The third-order valence-corrected chi connectivity index (χ3v) is 4.27. The number of piperidine rings is 1. The molecule has 20 heavy (non-hydrogen) atoms. The lowest BCUT2D eigenvalue weighted by Gasteiger charge is -2.32. The van der Waals surface area contributed by atoms with Crippen molar-refractivity contribution in [2.75, 3.05) is 13.7 Å². The van der Waals surface area contributed by atoms with Crippen molar-refractivity contribution in [3.05, 3.63) is 0 Å². The van der Waals surface area contributed by atoms with E-state index in [1.165, 1.54) is 7.11 Å². The van der Waals surface area contributed by atoms with E-state index in [9.17, 15) is 18.0 Å². The number of hydrogen-bond acceptors (Lipinski definition) is 6. The van der Waals surface area contributed by atoms with Crippen molar-refractivity contribution in [1.29, 1.82) is 0 Å². The number of esters is 1. The summed E-state index contributed by atoms with van der Waals surface area (Å²) in [5.74, 6) is -0.632. The Bertz CT molecular complexity index is 462. The van der Waals surface area contributed by atoms with Crippen LogP contribution in [0.4, 0.5) is 4.79 Å². The molecule has 1 heterocycles. The maximum atomic E-state index is 12.1. The summed E-state index contributed by atoms with van der Waals surface area (Å²) in [4.78, 5) is 23.0. The fourth-order valence-electron chi connectivity index (χ4n) is 1.97. The largest absolute Gasteiger partial charge is 0.468 e. The van der Waals surface area contributed by atoms with Crippen LogP contribution in [0.5, 0.6) is 0 Å². The number of nitrogens with zero attached hydrogens (tertiary/aromatic N) is 1. The molecular weight excluding hydrogens is 288 g/mol. The Kier molecular flexibility index (Phi) is 5.75. The molecule has 1 atom stereocenters. The summed E-state index contributed by atoms with van der Waals surface area (Å²) in [5, 5.41) is 0. The highest BCUT2D eigenvalue weighted by atomic mass is 32.2. The average Bonchev–Trinajstić information content (AvgIpc) is 2.36. The molecule has 0 aliphatic carbocycles. The molecule has 0 radical (unpaired) electrons. The highest BCUT2D eigenvalue weighted by Crippen LogP contribution is 2.20. The van der Waals surface area contributed by atoms with Crippen LogP contribution in [-0.2, 0) is 24.5 Å². The number of amides is 1. The molecule has 0 aromatic rings. The minimum atomic E-state index is -4.12. The Hall–Kier alpha value is -1.35. The Balaban J connectivity index is 2.82. The first-order chi connectivity index (χ1) is 9.27. The summed E-state index contributed by atoms with van der Waals surface area (Å²) in [6.45, 7) is 3.36. The van der Waals surface area contributed by atoms with E-state index in [1.807, 2.05) is 0 Å². The zero-order chi connectivity index (χ0) is 15.3. The molecule has 9 heteroatoms. The van der Waals surface area contributed by atoms with E-state index in [0.717, 1.165) is 10.7 Å². The van der Waals surface area contributed by atoms with E-state index in [4.69, 9.17) is 4.74 Å². The lowest BCUT2D eigenvalue weighted by molar-refractivity contribution is -0.146. The van der Waals surface area contributed by atoms with E-state index < -0.39 is 34.4 Å². The molecule has 1 amide bonds. The number of nitrogens with one attached hydrogen (secondary N) is 1. The molecule has 1 fully saturated rings. The number of hydrogen-bond donors (Lipinski definition) is 1. The lowest BCUT2D eigenvalue weighted by Crippen LogP contribution is -2.53. The first kappa shape index (κ1) is 16.7. The zero-order valence-corrected chi connectivity index (χ0v) is 12.6. The molecule has 1 saturated heterocycles. The minimum absolute atomic E-state index is 0.157. The second kappa shape index (κ2) is 6.89. The van der Waals surface area contributed by atoms with Crippen molar-refractivity contribution in [3.8, 4) is 0 Å². The topological polar surface area (TPSA) is 102 Å². The van der Waals surface area contributed by atoms with Gasteiger partial charge in [-0.2, -0.15) is 12.7 Å². The smallest absolute Gasteiger partial charge is 0.422 e. The van der Waals surface area contributed by atoms with Gasteiger partial charge >= 0.3 is 22.3 Å². The van der Waals surface area contributed by atoms with Gasteiger partial charge in [0.05, 0.1) is 13.2 Å². The Morgan fingerprint density at radius 1 is 1.30 bits per heavy atom. The standard InChI is InChI=1S/C11H20N2O6S/c1-8(2)19-11(15)12-20(16,17)13-7-5-4-6-9(13)10(14)18-3/h8-9H,4-7H2,1-3H3,(H,12,15)/t9-/m1/s1. The molecule has 0 unspecified atom stereocenters. The molecule has 8 nitrogen and oxygen atoms in total. The van der Waals surface area contributed by atoms with E-state index in [-0.39, 0.29) is 6.54 Å². The van der Waals surface area contributed by atoms with E-state index in [0.29, 0.717) is 12.8 Å². The van der Waals surface area contributed by atoms with Crippen LogP contribution in [0.25, 0.3) is 0 Å². The maximum absolute atomic E-state index is 12.1. The third kappa shape index (κ3) is 4.34. The molecule has 116 valence electrons. The SMILES string of the molecule is COC(=O)[C@H]1CCCCN1S(=O)(=O)NC(=O)OC(C)C. The van der Waals surface area contributed by atoms with Crippen molar-refractivity contribution in [2.45, 2.75) is 45.3 Å². The van der Waals surface area contributed by atoms with Gasteiger partial charge < -0.3 is 9.47 Å². The van der Waals surface area contributed by atoms with Crippen LogP contribution in [-0.4, -0.2) is 50.6 Å². The molecule has 0 bridgehead atoms. The average molecular weight is 308 g/mol. The van der Waals surface area contributed by atoms with Crippen LogP contribution in [0.1, 0.15) is 33.1 Å². The number of rotatable bonds is 4. The van der Waals surface area contributed by atoms with Crippen LogP contribution in [0.2, 0.25) is 0 Å². The predicted octanol–water partition coefficient (Wildman–Crippen LogP) is 0.393. The maximum Gasteiger partial charge on any atom is 0.422 e. The summed E-state index contributed by atoms with van der Waals surface area (Å²) in [7, 11) is -2.93. The monoisotopic (exact) mass is 308 g/mol. The minimum Gasteiger partial charge on any atom is -0.468 e. The normalized spacial score (nSPS) is 20.5. The highest BCUT2D eigenvalue weighted by Gasteiger charge is 2.38. The third-order valence-electron chi connectivity index (χ3n) is 2.79. The van der Waals surface area contributed by atoms with Crippen molar-refractivity contribution >= 4 is 22.3 Å². The number of carbonyl (C=O) groups is 2. The Labute approximate surface area is 118 Å². The summed E-state index contributed by atoms with van der Waals surface area (Å²) in [6, 6.07) is -0.905. The van der Waals surface area contributed by atoms with Crippen molar-refractivity contribution < 1.29 is 27.5 Å². The van der Waals surface area contributed by atoms with Crippen LogP contribution in [0.3, 0.4) is 0 Å². The van der Waals surface area contributed by atoms with Crippen LogP contribution >= 0.6 is 0 Å². The molecule has 1 aliphatic heterocycles. The van der Waals surface area contributed by atoms with Gasteiger partial charge in [0.2, 0.25) is 0 Å². The molecule has 0 spiro atoms. The summed E-state index contributed by atoms with van der Waals surface area (Å²) in [6.07, 6.45) is 0.208. The van der Waals surface area contributed by atoms with Gasteiger partial charge in [0, 0.05) is 6.54 Å². The molecule has 1 N–H and O–H groups in total. The van der Waals surface area contributed by atoms with Gasteiger partial charge in [-0.1, -0.05) is 0 Å². The Morgan fingerprint density at radius 3 is 2.50 bits per heavy atom. The van der Waals surface area contributed by atoms with Crippen LogP contribution in [0.15, 0.2) is 0 Å². The first-order valence-electron chi connectivity index (χ1n) is 6.36. The lowest BCUT2D eigenvalue weighted by atomic mass is 10.1. The second-order valence-electron chi connectivity index (χ2n) is 4.71. The molecular formula is C11H20N2O6S. The molecule has 1 aliphatic rings. The quantitative estimate of drug-likeness (QED) is 0.754. The summed E-state index contributed by atoms with van der Waals surface area (Å²) < 4.78 is 36.3. The molecule has 0 saturated carbocycles. The van der Waals surface area contributed by atoms with Gasteiger partial charge in [-0.05, 0) is 33.1 Å². The van der Waals surface area contributed by atoms with E-state index in [1.54, 1.807) is 18.6 Å². The van der Waals surface area contributed by atoms with Crippen molar-refractivity contribution in [3.63, 3.8) is 0 Å². The van der Waals surface area contributed by atoms with Crippen molar-refractivity contribution in [2.24, 2.45) is 0 Å². The van der Waals surface area contributed by atoms with Gasteiger partial charge in [0.25, 0.3) is 0 Å². The Morgan fingerprint density at radius 2 is 1.95 bits per heavy atom. The fraction of sp³-hybridized carbons (Fsp3) is 0.818. The van der Waals surface area contributed by atoms with E-state index >= 15 is 0 Å². The van der Waals surface area contributed by atoms with Crippen LogP contribution < -0.4 is 4.72 Å². The van der Waals surface area contributed by atoms with E-state index in [2.05, 4.69) is 4.74 Å². The number of carbonyl (C=O) groups excluding carboxylic acids is 2. The zero-order valence-electron chi connectivity index (χ0n) is 11.8. The molecule has 0 aromatic carbocycles. The van der Waals surface area contributed by atoms with Gasteiger partial charge in [-0.15, -0.1) is 0 Å². The van der Waals surface area contributed by atoms with Gasteiger partial charge in [0.1, 0.15) is 6.04 Å². The predicted molar refractivity (Wildman–Crippen MR) is 70.0 cm³/mol. The molecule has 0 aromatic heterocycles. The van der Waals surface area contributed by atoms with Gasteiger partial charge in [-0.25, -0.2) is 9.52 Å². The summed E-state index contributed by atoms with van der Waals surface area (Å²) >= 11 is 0. The first-order valence-corrected chi connectivity index (χ1v) is 7.80. The van der Waals surface area contributed by atoms with Crippen molar-refractivity contribution in [1.82, 2.24) is 9.03 Å². The number of ether oxygens (including phenoxy) is 2. The summed E-state index contributed by atoms with van der Waals surface area (Å²) in [5.41, 5.74) is 0. The van der Waals surface area contributed by atoms with Crippen LogP contribution in [0, 0.1) is 0 Å².